The Hall–Kier alpha value is -5.75. The van der Waals surface area contributed by atoms with Crippen LogP contribution in [-0.4, -0.2) is 15.0 Å². The minimum absolute atomic E-state index is 0.660. The van der Waals surface area contributed by atoms with Crippen LogP contribution >= 0.6 is 22.7 Å². The Morgan fingerprint density at radius 3 is 1.73 bits per heavy atom. The Bertz CT molecular complexity index is 2860. The molecule has 0 aliphatic carbocycles. The van der Waals surface area contributed by atoms with Crippen LogP contribution in [-0.2, 0) is 0 Å². The van der Waals surface area contributed by atoms with Gasteiger partial charge >= 0.3 is 0 Å². The van der Waals surface area contributed by atoms with Crippen molar-refractivity contribution < 1.29 is 0 Å². The van der Waals surface area contributed by atoms with Crippen molar-refractivity contribution in [1.29, 1.82) is 0 Å². The molecule has 0 amide bonds. The van der Waals surface area contributed by atoms with E-state index in [0.717, 1.165) is 27.8 Å². The molecule has 0 radical (unpaired) electrons. The molecule has 0 fully saturated rings. The van der Waals surface area contributed by atoms with E-state index in [9.17, 15) is 0 Å². The number of benzene rings is 7. The van der Waals surface area contributed by atoms with Crippen LogP contribution in [0.25, 0.3) is 96.4 Å². The van der Waals surface area contributed by atoms with Crippen LogP contribution in [0.2, 0.25) is 0 Å². The molecule has 0 unspecified atom stereocenters. The van der Waals surface area contributed by atoms with Crippen LogP contribution in [0, 0.1) is 0 Å². The number of rotatable bonds is 4. The summed E-state index contributed by atoms with van der Waals surface area (Å²) in [6.07, 6.45) is 0. The van der Waals surface area contributed by atoms with Gasteiger partial charge in [-0.05, 0) is 46.2 Å². The van der Waals surface area contributed by atoms with Crippen LogP contribution < -0.4 is 0 Å². The first-order valence-corrected chi connectivity index (χ1v) is 17.6. The van der Waals surface area contributed by atoms with Gasteiger partial charge in [-0.25, -0.2) is 15.0 Å². The summed E-state index contributed by atoms with van der Waals surface area (Å²) >= 11 is 3.60. The molecule has 3 aromatic heterocycles. The highest BCUT2D eigenvalue weighted by atomic mass is 32.1. The third kappa shape index (κ3) is 4.36. The lowest BCUT2D eigenvalue weighted by atomic mass is 9.94. The van der Waals surface area contributed by atoms with E-state index in [-0.39, 0.29) is 0 Å². The van der Waals surface area contributed by atoms with Gasteiger partial charge in [-0.2, -0.15) is 0 Å². The second-order valence-electron chi connectivity index (χ2n) is 12.0. The van der Waals surface area contributed by atoms with Crippen LogP contribution in [0.1, 0.15) is 0 Å². The summed E-state index contributed by atoms with van der Waals surface area (Å²) in [6.45, 7) is 0. The fraction of sp³-hybridized carbons (Fsp3) is 0. The van der Waals surface area contributed by atoms with E-state index in [1.807, 2.05) is 11.3 Å². The largest absolute Gasteiger partial charge is 0.208 e. The van der Waals surface area contributed by atoms with Gasteiger partial charge in [-0.15, -0.1) is 22.7 Å². The molecule has 0 spiro atoms. The predicted octanol–water partition coefficient (Wildman–Crippen LogP) is 12.4. The zero-order valence-corrected chi connectivity index (χ0v) is 27.2. The molecular weight excluding hydrogens is 623 g/mol. The molecule has 48 heavy (non-hydrogen) atoms. The van der Waals surface area contributed by atoms with Crippen molar-refractivity contribution in [2.45, 2.75) is 0 Å². The first-order chi connectivity index (χ1) is 23.8. The third-order valence-electron chi connectivity index (χ3n) is 9.17. The van der Waals surface area contributed by atoms with Crippen LogP contribution in [0.15, 0.2) is 152 Å². The second kappa shape index (κ2) is 10.9. The van der Waals surface area contributed by atoms with Crippen LogP contribution in [0.5, 0.6) is 0 Å². The van der Waals surface area contributed by atoms with E-state index in [0.29, 0.717) is 17.5 Å². The standard InChI is InChI=1S/C43H25N3S2/c1-2-13-28-26(11-1)12-9-18-29(28)30-14-3-4-17-35(30)42-44-41(27-23-24-33-31-15-5-7-21-37(31)47-39(33)25-27)45-43(46-42)36-20-10-19-34-32-16-6-8-22-38(32)48-40(34)36/h1-25H. The maximum atomic E-state index is 5.27. The van der Waals surface area contributed by atoms with Crippen LogP contribution in [0.4, 0.5) is 0 Å². The maximum Gasteiger partial charge on any atom is 0.165 e. The summed E-state index contributed by atoms with van der Waals surface area (Å²) in [5.41, 5.74) is 5.22. The molecule has 10 aromatic rings. The smallest absolute Gasteiger partial charge is 0.165 e. The van der Waals surface area contributed by atoms with Gasteiger partial charge in [-0.1, -0.05) is 127 Å². The lowest BCUT2D eigenvalue weighted by molar-refractivity contribution is 1.08. The summed E-state index contributed by atoms with van der Waals surface area (Å²) in [5, 5.41) is 7.42. The average Bonchev–Trinajstić information content (AvgIpc) is 3.72. The first-order valence-electron chi connectivity index (χ1n) is 15.9. The molecule has 0 saturated heterocycles. The SMILES string of the molecule is c1ccc(-c2cccc3ccccc23)c(-c2nc(-c3ccc4c(c3)sc3ccccc34)nc(-c3cccc4c3sc3ccccc34)n2)c1. The highest BCUT2D eigenvalue weighted by Gasteiger charge is 2.19. The van der Waals surface area contributed by atoms with Gasteiger partial charge in [0.15, 0.2) is 17.5 Å². The van der Waals surface area contributed by atoms with Gasteiger partial charge in [0.05, 0.1) is 0 Å². The lowest BCUT2D eigenvalue weighted by Gasteiger charge is -2.14. The van der Waals surface area contributed by atoms with Crippen molar-refractivity contribution in [3.63, 3.8) is 0 Å². The molecular formula is C43H25N3S2. The fourth-order valence-electron chi connectivity index (χ4n) is 6.91. The summed E-state index contributed by atoms with van der Waals surface area (Å²) in [6, 6.07) is 53.8. The molecule has 3 heterocycles. The average molecular weight is 648 g/mol. The van der Waals surface area contributed by atoms with E-state index in [4.69, 9.17) is 15.0 Å². The van der Waals surface area contributed by atoms with Crippen molar-refractivity contribution >= 4 is 73.8 Å². The van der Waals surface area contributed by atoms with Crippen molar-refractivity contribution in [2.24, 2.45) is 0 Å². The highest BCUT2D eigenvalue weighted by molar-refractivity contribution is 7.26. The Morgan fingerprint density at radius 1 is 0.333 bits per heavy atom. The minimum Gasteiger partial charge on any atom is -0.208 e. The van der Waals surface area contributed by atoms with Crippen molar-refractivity contribution in [2.75, 3.05) is 0 Å². The normalized spacial score (nSPS) is 11.8. The molecule has 0 saturated carbocycles. The topological polar surface area (TPSA) is 38.7 Å². The molecule has 7 aromatic carbocycles. The fourth-order valence-corrected chi connectivity index (χ4v) is 9.26. The van der Waals surface area contributed by atoms with E-state index < -0.39 is 0 Å². The Labute approximate surface area is 284 Å². The van der Waals surface area contributed by atoms with E-state index >= 15 is 0 Å². The molecule has 0 N–H and O–H groups in total. The quantitative estimate of drug-likeness (QED) is 0.191. The summed E-state index contributed by atoms with van der Waals surface area (Å²) in [4.78, 5) is 15.7. The van der Waals surface area contributed by atoms with Gasteiger partial charge in [0, 0.05) is 57.0 Å². The molecule has 0 aliphatic rings. The monoisotopic (exact) mass is 647 g/mol. The van der Waals surface area contributed by atoms with Crippen LogP contribution in [0.3, 0.4) is 0 Å². The number of hydrogen-bond acceptors (Lipinski definition) is 5. The van der Waals surface area contributed by atoms with Gasteiger partial charge in [0.25, 0.3) is 0 Å². The van der Waals surface area contributed by atoms with E-state index in [1.54, 1.807) is 11.3 Å². The highest BCUT2D eigenvalue weighted by Crippen LogP contribution is 2.41. The molecule has 0 bridgehead atoms. The molecule has 224 valence electrons. The van der Waals surface area contributed by atoms with Crippen molar-refractivity contribution in [3.8, 4) is 45.3 Å². The van der Waals surface area contributed by atoms with Gasteiger partial charge in [0.1, 0.15) is 0 Å². The summed E-state index contributed by atoms with van der Waals surface area (Å²) in [5.74, 6) is 2.00. The Balaban J connectivity index is 1.24. The first kappa shape index (κ1) is 27.4. The predicted molar refractivity (Wildman–Crippen MR) is 205 cm³/mol. The second-order valence-corrected chi connectivity index (χ2v) is 14.1. The minimum atomic E-state index is 0.660. The van der Waals surface area contributed by atoms with E-state index in [2.05, 4.69) is 152 Å². The zero-order chi connectivity index (χ0) is 31.6. The van der Waals surface area contributed by atoms with Gasteiger partial charge in [0.2, 0.25) is 0 Å². The maximum absolute atomic E-state index is 5.27. The number of aromatic nitrogens is 3. The lowest BCUT2D eigenvalue weighted by Crippen LogP contribution is -2.01. The zero-order valence-electron chi connectivity index (χ0n) is 25.6. The number of hydrogen-bond donors (Lipinski definition) is 0. The van der Waals surface area contributed by atoms with Crippen molar-refractivity contribution in [1.82, 2.24) is 15.0 Å². The Kier molecular flexibility index (Phi) is 6.22. The third-order valence-corrected chi connectivity index (χ3v) is 11.5. The van der Waals surface area contributed by atoms with Crippen molar-refractivity contribution in [3.05, 3.63) is 152 Å². The van der Waals surface area contributed by atoms with E-state index in [1.165, 1.54) is 51.1 Å². The number of thiophene rings is 2. The number of fused-ring (bicyclic) bond motifs is 7. The molecule has 10 rings (SSSR count). The van der Waals surface area contributed by atoms with Gasteiger partial charge < -0.3 is 0 Å². The molecule has 5 heteroatoms. The van der Waals surface area contributed by atoms with Gasteiger partial charge in [-0.3, -0.25) is 0 Å². The summed E-state index contributed by atoms with van der Waals surface area (Å²) in [7, 11) is 0. The molecule has 0 atom stereocenters. The Morgan fingerprint density at radius 2 is 0.875 bits per heavy atom. The molecule has 0 aliphatic heterocycles. The summed E-state index contributed by atoms with van der Waals surface area (Å²) < 4.78 is 4.94. The number of nitrogens with zero attached hydrogens (tertiary/aromatic N) is 3. The molecule has 3 nitrogen and oxygen atoms in total.